The lowest BCUT2D eigenvalue weighted by molar-refractivity contribution is -0.114. The van der Waals surface area contributed by atoms with E-state index in [0.717, 1.165) is 20.6 Å². The van der Waals surface area contributed by atoms with Gasteiger partial charge in [0.1, 0.15) is 6.54 Å². The SMILES string of the molecule is Cc1cc(NC(=O)CN(c2cccc(Cl)c2Cl)S(C)(=O)=O)ccc1Br. The zero-order chi connectivity index (χ0) is 18.8. The van der Waals surface area contributed by atoms with Gasteiger partial charge in [-0.15, -0.1) is 0 Å². The van der Waals surface area contributed by atoms with Crippen LogP contribution < -0.4 is 9.62 Å². The van der Waals surface area contributed by atoms with E-state index in [-0.39, 0.29) is 15.7 Å². The summed E-state index contributed by atoms with van der Waals surface area (Å²) in [5.74, 6) is -0.497. The molecule has 0 aliphatic carbocycles. The molecule has 5 nitrogen and oxygen atoms in total. The van der Waals surface area contributed by atoms with E-state index in [1.54, 1.807) is 30.3 Å². The van der Waals surface area contributed by atoms with E-state index in [1.807, 2.05) is 6.92 Å². The highest BCUT2D eigenvalue weighted by atomic mass is 79.9. The van der Waals surface area contributed by atoms with Crippen LogP contribution in [0.3, 0.4) is 0 Å². The summed E-state index contributed by atoms with van der Waals surface area (Å²) < 4.78 is 26.1. The molecular formula is C16H15BrCl2N2O3S. The predicted octanol–water partition coefficient (Wildman–Crippen LogP) is 4.47. The molecular weight excluding hydrogens is 451 g/mol. The van der Waals surface area contributed by atoms with Gasteiger partial charge in [0.25, 0.3) is 0 Å². The number of aryl methyl sites for hydroxylation is 1. The van der Waals surface area contributed by atoms with Crippen molar-refractivity contribution in [2.24, 2.45) is 0 Å². The van der Waals surface area contributed by atoms with Gasteiger partial charge in [-0.25, -0.2) is 8.42 Å². The molecule has 0 spiro atoms. The topological polar surface area (TPSA) is 66.5 Å². The number of nitrogens with one attached hydrogen (secondary N) is 1. The average Bonchev–Trinajstić information content (AvgIpc) is 2.51. The number of carbonyl (C=O) groups is 1. The molecule has 0 bridgehead atoms. The third-order valence-corrected chi connectivity index (χ3v) is 6.15. The highest BCUT2D eigenvalue weighted by Crippen LogP contribution is 2.33. The minimum atomic E-state index is -3.74. The quantitative estimate of drug-likeness (QED) is 0.708. The summed E-state index contributed by atoms with van der Waals surface area (Å²) in [5, 5.41) is 2.95. The van der Waals surface area contributed by atoms with E-state index in [9.17, 15) is 13.2 Å². The molecule has 0 saturated carbocycles. The molecule has 2 aromatic carbocycles. The number of benzene rings is 2. The first-order valence-electron chi connectivity index (χ1n) is 7.07. The van der Waals surface area contributed by atoms with E-state index >= 15 is 0 Å². The maximum Gasteiger partial charge on any atom is 0.245 e. The van der Waals surface area contributed by atoms with E-state index < -0.39 is 22.5 Å². The van der Waals surface area contributed by atoms with Crippen LogP contribution >= 0.6 is 39.1 Å². The normalized spacial score (nSPS) is 11.2. The number of nitrogens with zero attached hydrogens (tertiary/aromatic N) is 1. The van der Waals surface area contributed by atoms with Gasteiger partial charge < -0.3 is 5.32 Å². The number of anilines is 2. The Labute approximate surface area is 165 Å². The number of halogens is 3. The summed E-state index contributed by atoms with van der Waals surface area (Å²) in [6, 6.07) is 9.89. The van der Waals surface area contributed by atoms with Gasteiger partial charge in [-0.2, -0.15) is 0 Å². The Morgan fingerprint density at radius 3 is 2.52 bits per heavy atom. The lowest BCUT2D eigenvalue weighted by Gasteiger charge is -2.23. The number of carbonyl (C=O) groups excluding carboxylic acids is 1. The van der Waals surface area contributed by atoms with Gasteiger partial charge in [-0.3, -0.25) is 9.10 Å². The second kappa shape index (κ2) is 7.95. The Morgan fingerprint density at radius 2 is 1.92 bits per heavy atom. The number of sulfonamides is 1. The first-order chi connectivity index (χ1) is 11.6. The fraction of sp³-hybridized carbons (Fsp3) is 0.188. The largest absolute Gasteiger partial charge is 0.325 e. The van der Waals surface area contributed by atoms with E-state index in [0.29, 0.717) is 5.69 Å². The summed E-state index contributed by atoms with van der Waals surface area (Å²) in [5.41, 5.74) is 1.66. The first-order valence-corrected chi connectivity index (χ1v) is 10.5. The van der Waals surface area contributed by atoms with Crippen LogP contribution in [0.1, 0.15) is 5.56 Å². The number of hydrogen-bond acceptors (Lipinski definition) is 3. The number of rotatable bonds is 5. The summed E-state index contributed by atoms with van der Waals surface area (Å²) >= 11 is 15.4. The van der Waals surface area contributed by atoms with Crippen LogP contribution in [0, 0.1) is 6.92 Å². The van der Waals surface area contributed by atoms with Crippen molar-refractivity contribution in [2.75, 3.05) is 22.4 Å². The van der Waals surface area contributed by atoms with Gasteiger partial charge in [0.05, 0.1) is 22.0 Å². The fourth-order valence-electron chi connectivity index (χ4n) is 2.12. The Morgan fingerprint density at radius 1 is 1.24 bits per heavy atom. The molecule has 2 aromatic rings. The minimum Gasteiger partial charge on any atom is -0.325 e. The zero-order valence-corrected chi connectivity index (χ0v) is 17.3. The number of hydrogen-bond donors (Lipinski definition) is 1. The van der Waals surface area contributed by atoms with Crippen molar-refractivity contribution in [2.45, 2.75) is 6.92 Å². The molecule has 0 heterocycles. The molecule has 2 rings (SSSR count). The molecule has 0 aromatic heterocycles. The Balaban J connectivity index is 2.27. The molecule has 0 unspecified atom stereocenters. The lowest BCUT2D eigenvalue weighted by Crippen LogP contribution is -2.37. The fourth-order valence-corrected chi connectivity index (χ4v) is 3.68. The Bertz CT molecular complexity index is 920. The van der Waals surface area contributed by atoms with Crippen molar-refractivity contribution in [1.29, 1.82) is 0 Å². The van der Waals surface area contributed by atoms with Crippen LogP contribution in [0.15, 0.2) is 40.9 Å². The summed E-state index contributed by atoms with van der Waals surface area (Å²) in [4.78, 5) is 12.3. The first kappa shape index (κ1) is 20.0. The summed E-state index contributed by atoms with van der Waals surface area (Å²) in [7, 11) is -3.74. The van der Waals surface area contributed by atoms with Gasteiger partial charge in [0.15, 0.2) is 0 Å². The molecule has 0 fully saturated rings. The number of amides is 1. The monoisotopic (exact) mass is 464 g/mol. The van der Waals surface area contributed by atoms with Gasteiger partial charge in [-0.1, -0.05) is 45.2 Å². The molecule has 9 heteroatoms. The lowest BCUT2D eigenvalue weighted by atomic mass is 10.2. The second-order valence-corrected chi connectivity index (χ2v) is 8.90. The highest BCUT2D eigenvalue weighted by molar-refractivity contribution is 9.10. The maximum absolute atomic E-state index is 12.3. The maximum atomic E-state index is 12.3. The van der Waals surface area contributed by atoms with Crippen molar-refractivity contribution >= 4 is 66.4 Å². The van der Waals surface area contributed by atoms with Crippen molar-refractivity contribution in [3.05, 3.63) is 56.5 Å². The van der Waals surface area contributed by atoms with E-state index in [4.69, 9.17) is 23.2 Å². The van der Waals surface area contributed by atoms with Gasteiger partial charge >= 0.3 is 0 Å². The standard InChI is InChI=1S/C16H15BrCl2N2O3S/c1-10-8-11(6-7-12(10)17)20-15(22)9-21(25(2,23)24)14-5-3-4-13(18)16(14)19/h3-8H,9H2,1-2H3,(H,20,22). The highest BCUT2D eigenvalue weighted by Gasteiger charge is 2.24. The average molecular weight is 466 g/mol. The molecule has 0 atom stereocenters. The smallest absolute Gasteiger partial charge is 0.245 e. The molecule has 0 saturated heterocycles. The predicted molar refractivity (Wildman–Crippen MR) is 106 cm³/mol. The molecule has 0 aliphatic rings. The third-order valence-electron chi connectivity index (χ3n) is 3.33. The van der Waals surface area contributed by atoms with Crippen LogP contribution in [0.25, 0.3) is 0 Å². The molecule has 0 radical (unpaired) electrons. The second-order valence-electron chi connectivity index (χ2n) is 5.35. The van der Waals surface area contributed by atoms with E-state index in [2.05, 4.69) is 21.2 Å². The van der Waals surface area contributed by atoms with Gasteiger partial charge in [-0.05, 0) is 42.8 Å². The molecule has 0 aliphatic heterocycles. The molecule has 1 amide bonds. The zero-order valence-electron chi connectivity index (χ0n) is 13.4. The molecule has 134 valence electrons. The van der Waals surface area contributed by atoms with Crippen molar-refractivity contribution < 1.29 is 13.2 Å². The van der Waals surface area contributed by atoms with Crippen molar-refractivity contribution in [3.8, 4) is 0 Å². The summed E-state index contributed by atoms with van der Waals surface area (Å²) in [6.07, 6.45) is 1.00. The molecule has 25 heavy (non-hydrogen) atoms. The van der Waals surface area contributed by atoms with Crippen LogP contribution in [0.4, 0.5) is 11.4 Å². The van der Waals surface area contributed by atoms with Crippen molar-refractivity contribution in [1.82, 2.24) is 0 Å². The van der Waals surface area contributed by atoms with E-state index in [1.165, 1.54) is 6.07 Å². The van der Waals surface area contributed by atoms with Gasteiger partial charge in [0.2, 0.25) is 15.9 Å². The van der Waals surface area contributed by atoms with Crippen LogP contribution in [-0.4, -0.2) is 27.1 Å². The molecule has 1 N–H and O–H groups in total. The third kappa shape index (κ3) is 5.10. The van der Waals surface area contributed by atoms with Crippen molar-refractivity contribution in [3.63, 3.8) is 0 Å². The van der Waals surface area contributed by atoms with Crippen LogP contribution in [-0.2, 0) is 14.8 Å². The minimum absolute atomic E-state index is 0.0712. The van der Waals surface area contributed by atoms with Gasteiger partial charge in [0, 0.05) is 10.2 Å². The Kier molecular flexibility index (Phi) is 6.37. The van der Waals surface area contributed by atoms with Crippen LogP contribution in [0.5, 0.6) is 0 Å². The van der Waals surface area contributed by atoms with Crippen LogP contribution in [0.2, 0.25) is 10.0 Å². The Hall–Kier alpha value is -1.28. The summed E-state index contributed by atoms with van der Waals surface area (Å²) in [6.45, 7) is 1.46.